The molecule has 30 heavy (non-hydrogen) atoms. The smallest absolute Gasteiger partial charge is 0.370 e. The predicted octanol–water partition coefficient (Wildman–Crippen LogP) is 3.42. The first-order valence-electron chi connectivity index (χ1n) is 9.19. The molecule has 160 valence electrons. The van der Waals surface area contributed by atoms with Crippen LogP contribution in [-0.4, -0.2) is 46.0 Å². The van der Waals surface area contributed by atoms with Gasteiger partial charge in [0.05, 0.1) is 36.7 Å². The number of amides is 1. The highest BCUT2D eigenvalue weighted by atomic mass is 19.4. The van der Waals surface area contributed by atoms with Gasteiger partial charge in [0.1, 0.15) is 0 Å². The number of nitrogens with one attached hydrogen (secondary N) is 1. The Morgan fingerprint density at radius 2 is 1.93 bits per heavy atom. The number of hydrogen-bond acceptors (Lipinski definition) is 5. The lowest BCUT2D eigenvalue weighted by molar-refractivity contribution is -0.137. The number of aromatic nitrogens is 2. The SMILES string of the molecule is C=CC(=O)N1CCC(Nc2ncc(F)cn2)C(OCc2ccc(C(F)(F)F)cc2)C1. The van der Waals surface area contributed by atoms with Crippen LogP contribution < -0.4 is 5.32 Å². The van der Waals surface area contributed by atoms with Crippen LogP contribution >= 0.6 is 0 Å². The Labute approximate surface area is 170 Å². The summed E-state index contributed by atoms with van der Waals surface area (Å²) in [6.07, 6.45) is -1.10. The molecule has 1 N–H and O–H groups in total. The summed E-state index contributed by atoms with van der Waals surface area (Å²) in [4.78, 5) is 21.3. The molecule has 1 aliphatic heterocycles. The summed E-state index contributed by atoms with van der Waals surface area (Å²) in [6, 6.07) is 4.41. The highest BCUT2D eigenvalue weighted by Crippen LogP contribution is 2.29. The molecule has 0 saturated carbocycles. The number of likely N-dealkylation sites (tertiary alicyclic amines) is 1. The molecule has 0 aliphatic carbocycles. The van der Waals surface area contributed by atoms with E-state index in [1.165, 1.54) is 18.2 Å². The zero-order chi connectivity index (χ0) is 21.7. The van der Waals surface area contributed by atoms with Crippen molar-refractivity contribution in [3.8, 4) is 0 Å². The van der Waals surface area contributed by atoms with Gasteiger partial charge in [0.15, 0.2) is 5.82 Å². The van der Waals surface area contributed by atoms with E-state index in [4.69, 9.17) is 4.74 Å². The molecule has 0 bridgehead atoms. The van der Waals surface area contributed by atoms with Crippen molar-refractivity contribution in [2.45, 2.75) is 31.3 Å². The van der Waals surface area contributed by atoms with Crippen molar-refractivity contribution in [2.24, 2.45) is 0 Å². The van der Waals surface area contributed by atoms with E-state index in [0.29, 0.717) is 18.5 Å². The fraction of sp³-hybridized carbons (Fsp3) is 0.350. The first kappa shape index (κ1) is 21.7. The molecule has 2 aromatic rings. The molecule has 0 spiro atoms. The molecular formula is C20H20F4N4O2. The third kappa shape index (κ3) is 5.53. The summed E-state index contributed by atoms with van der Waals surface area (Å²) >= 11 is 0. The van der Waals surface area contributed by atoms with Gasteiger partial charge in [-0.1, -0.05) is 18.7 Å². The van der Waals surface area contributed by atoms with Gasteiger partial charge in [-0.2, -0.15) is 13.2 Å². The molecule has 1 fully saturated rings. The standard InChI is InChI=1S/C20H20F4N4O2/c1-2-18(29)28-8-7-16(27-19-25-9-15(21)10-26-19)17(11-28)30-12-13-3-5-14(6-4-13)20(22,23)24/h2-6,9-10,16-17H,1,7-8,11-12H2,(H,25,26,27). The molecule has 2 heterocycles. The van der Waals surface area contributed by atoms with Gasteiger partial charge in [-0.05, 0) is 30.2 Å². The summed E-state index contributed by atoms with van der Waals surface area (Å²) in [5.41, 5.74) is -0.174. The molecule has 10 heteroatoms. The van der Waals surface area contributed by atoms with E-state index < -0.39 is 23.7 Å². The van der Waals surface area contributed by atoms with Gasteiger partial charge in [-0.25, -0.2) is 14.4 Å². The van der Waals surface area contributed by atoms with E-state index >= 15 is 0 Å². The maximum absolute atomic E-state index is 13.0. The minimum atomic E-state index is -4.40. The zero-order valence-electron chi connectivity index (χ0n) is 15.9. The van der Waals surface area contributed by atoms with Gasteiger partial charge >= 0.3 is 6.18 Å². The first-order valence-corrected chi connectivity index (χ1v) is 9.19. The van der Waals surface area contributed by atoms with Crippen LogP contribution in [0.1, 0.15) is 17.5 Å². The predicted molar refractivity (Wildman–Crippen MR) is 101 cm³/mol. The minimum absolute atomic E-state index is 0.0569. The normalized spacial score (nSPS) is 19.4. The van der Waals surface area contributed by atoms with E-state index in [1.54, 1.807) is 4.90 Å². The van der Waals surface area contributed by atoms with Crippen LogP contribution in [0, 0.1) is 5.82 Å². The van der Waals surface area contributed by atoms with Crippen LogP contribution in [0.15, 0.2) is 49.3 Å². The molecule has 1 aliphatic rings. The number of carbonyl (C=O) groups excluding carboxylic acids is 1. The molecule has 0 radical (unpaired) electrons. The van der Waals surface area contributed by atoms with Crippen molar-refractivity contribution in [3.63, 3.8) is 0 Å². The van der Waals surface area contributed by atoms with Crippen LogP contribution in [0.3, 0.4) is 0 Å². The van der Waals surface area contributed by atoms with E-state index in [-0.39, 0.29) is 31.0 Å². The van der Waals surface area contributed by atoms with Gasteiger partial charge < -0.3 is 15.0 Å². The number of carbonyl (C=O) groups is 1. The van der Waals surface area contributed by atoms with E-state index in [0.717, 1.165) is 24.5 Å². The Morgan fingerprint density at radius 3 is 2.53 bits per heavy atom. The molecule has 3 rings (SSSR count). The summed E-state index contributed by atoms with van der Waals surface area (Å²) in [6.45, 7) is 4.24. The van der Waals surface area contributed by atoms with Crippen LogP contribution in [0.2, 0.25) is 0 Å². The van der Waals surface area contributed by atoms with E-state index in [1.807, 2.05) is 0 Å². The highest BCUT2D eigenvalue weighted by molar-refractivity contribution is 5.87. The minimum Gasteiger partial charge on any atom is -0.370 e. The molecule has 2 atom stereocenters. The van der Waals surface area contributed by atoms with Gasteiger partial charge in [0.25, 0.3) is 0 Å². The van der Waals surface area contributed by atoms with Gasteiger partial charge in [-0.3, -0.25) is 4.79 Å². The molecule has 1 aromatic carbocycles. The fourth-order valence-electron chi connectivity index (χ4n) is 3.13. The lowest BCUT2D eigenvalue weighted by Crippen LogP contribution is -2.52. The van der Waals surface area contributed by atoms with Crippen LogP contribution in [0.4, 0.5) is 23.5 Å². The Bertz CT molecular complexity index is 872. The van der Waals surface area contributed by atoms with Gasteiger partial charge in [-0.15, -0.1) is 0 Å². The topological polar surface area (TPSA) is 67.4 Å². The van der Waals surface area contributed by atoms with E-state index in [9.17, 15) is 22.4 Å². The van der Waals surface area contributed by atoms with Crippen molar-refractivity contribution in [1.29, 1.82) is 0 Å². The maximum Gasteiger partial charge on any atom is 0.416 e. The second-order valence-corrected chi connectivity index (χ2v) is 6.80. The van der Waals surface area contributed by atoms with Gasteiger partial charge in [0.2, 0.25) is 11.9 Å². The number of hydrogen-bond donors (Lipinski definition) is 1. The number of alkyl halides is 3. The largest absolute Gasteiger partial charge is 0.416 e. The number of halogens is 4. The Balaban J connectivity index is 1.69. The summed E-state index contributed by atoms with van der Waals surface area (Å²) in [7, 11) is 0. The number of nitrogens with zero attached hydrogens (tertiary/aromatic N) is 3. The second-order valence-electron chi connectivity index (χ2n) is 6.80. The lowest BCUT2D eigenvalue weighted by Gasteiger charge is -2.38. The van der Waals surface area contributed by atoms with Crippen molar-refractivity contribution in [2.75, 3.05) is 18.4 Å². The quantitative estimate of drug-likeness (QED) is 0.569. The van der Waals surface area contributed by atoms with Crippen LogP contribution in [0.5, 0.6) is 0 Å². The maximum atomic E-state index is 13.0. The Morgan fingerprint density at radius 1 is 1.27 bits per heavy atom. The number of benzene rings is 1. The van der Waals surface area contributed by atoms with Crippen molar-refractivity contribution in [1.82, 2.24) is 14.9 Å². The summed E-state index contributed by atoms with van der Waals surface area (Å²) in [5.74, 6) is -0.593. The molecule has 2 unspecified atom stereocenters. The Kier molecular flexibility index (Phi) is 6.66. The third-order valence-corrected chi connectivity index (χ3v) is 4.73. The summed E-state index contributed by atoms with van der Waals surface area (Å²) < 4.78 is 57.1. The second kappa shape index (κ2) is 9.21. The van der Waals surface area contributed by atoms with Crippen molar-refractivity contribution >= 4 is 11.9 Å². The Hall–Kier alpha value is -3.01. The van der Waals surface area contributed by atoms with Crippen molar-refractivity contribution in [3.05, 3.63) is 66.3 Å². The van der Waals surface area contributed by atoms with Crippen LogP contribution in [-0.2, 0) is 22.3 Å². The fourth-order valence-corrected chi connectivity index (χ4v) is 3.13. The molecule has 1 saturated heterocycles. The molecule has 1 amide bonds. The number of ether oxygens (including phenoxy) is 1. The number of rotatable bonds is 6. The average molecular weight is 424 g/mol. The monoisotopic (exact) mass is 424 g/mol. The third-order valence-electron chi connectivity index (χ3n) is 4.73. The van der Waals surface area contributed by atoms with Crippen LogP contribution in [0.25, 0.3) is 0 Å². The van der Waals surface area contributed by atoms with Gasteiger partial charge in [0, 0.05) is 13.1 Å². The number of anilines is 1. The highest BCUT2D eigenvalue weighted by Gasteiger charge is 2.33. The molecule has 1 aromatic heterocycles. The molecule has 6 nitrogen and oxygen atoms in total. The average Bonchev–Trinajstić information content (AvgIpc) is 2.73. The lowest BCUT2D eigenvalue weighted by atomic mass is 10.0. The zero-order valence-corrected chi connectivity index (χ0v) is 15.9. The first-order chi connectivity index (χ1) is 14.3. The summed E-state index contributed by atoms with van der Waals surface area (Å²) in [5, 5.41) is 3.07. The van der Waals surface area contributed by atoms with E-state index in [2.05, 4.69) is 21.9 Å². The van der Waals surface area contributed by atoms with Crippen molar-refractivity contribution < 1.29 is 27.1 Å². The number of piperidine rings is 1. The molecular weight excluding hydrogens is 404 g/mol.